The van der Waals surface area contributed by atoms with Crippen LogP contribution in [0.3, 0.4) is 0 Å². The van der Waals surface area contributed by atoms with Gasteiger partial charge in [-0.15, -0.1) is 0 Å². The Hall–Kier alpha value is -1.99. The van der Waals surface area contributed by atoms with Crippen LogP contribution in [0.15, 0.2) is 53.1 Å². The van der Waals surface area contributed by atoms with E-state index in [4.69, 9.17) is 4.74 Å². The van der Waals surface area contributed by atoms with Crippen LogP contribution in [0.5, 0.6) is 0 Å². The van der Waals surface area contributed by atoms with Crippen LogP contribution in [0.2, 0.25) is 0 Å². The van der Waals surface area contributed by atoms with Crippen molar-refractivity contribution in [2.24, 2.45) is 0 Å². The topological polar surface area (TPSA) is 38.3 Å². The highest BCUT2D eigenvalue weighted by molar-refractivity contribution is 9.10. The molecule has 0 N–H and O–H groups in total. The van der Waals surface area contributed by atoms with E-state index in [0.717, 1.165) is 16.7 Å². The van der Waals surface area contributed by atoms with Crippen molar-refractivity contribution < 1.29 is 17.9 Å². The molecule has 24 heavy (non-hydrogen) atoms. The number of halogens is 4. The maximum absolute atomic E-state index is 15.1. The van der Waals surface area contributed by atoms with E-state index in [-0.39, 0.29) is 12.2 Å². The van der Waals surface area contributed by atoms with E-state index in [1.807, 2.05) is 0 Å². The number of fused-ring (bicyclic) bond motifs is 1. The molecule has 1 saturated heterocycles. The molecule has 3 aromatic rings. The summed E-state index contributed by atoms with van der Waals surface area (Å²) >= 11 is 3.29. The van der Waals surface area contributed by atoms with E-state index >= 15 is 8.78 Å². The lowest BCUT2D eigenvalue weighted by atomic mass is 9.90. The lowest BCUT2D eigenvalue weighted by Gasteiger charge is -2.24. The third-order valence-corrected chi connectivity index (χ3v) is 4.57. The van der Waals surface area contributed by atoms with Gasteiger partial charge in [0.2, 0.25) is 0 Å². The monoisotopic (exact) mass is 394 g/mol. The Morgan fingerprint density at radius 2 is 1.88 bits per heavy atom. The van der Waals surface area contributed by atoms with Gasteiger partial charge in [-0.2, -0.15) is 8.78 Å². The molecule has 1 atom stereocenters. The van der Waals surface area contributed by atoms with Crippen molar-refractivity contribution in [3.63, 3.8) is 0 Å². The first-order chi connectivity index (χ1) is 11.4. The first-order valence-corrected chi connectivity index (χ1v) is 7.93. The molecule has 1 aliphatic heterocycles. The number of benzene rings is 2. The van der Waals surface area contributed by atoms with Gasteiger partial charge in [0, 0.05) is 10.0 Å². The van der Waals surface area contributed by atoms with Crippen molar-refractivity contribution in [1.29, 1.82) is 0 Å². The van der Waals surface area contributed by atoms with Crippen molar-refractivity contribution >= 4 is 27.0 Å². The number of hydrogen-bond acceptors (Lipinski definition) is 3. The van der Waals surface area contributed by atoms with Crippen molar-refractivity contribution in [2.45, 2.75) is 11.5 Å². The summed E-state index contributed by atoms with van der Waals surface area (Å²) in [6.45, 7) is -0.277. The molecule has 0 radical (unpaired) electrons. The number of nitrogens with zero attached hydrogens (tertiary/aromatic N) is 2. The van der Waals surface area contributed by atoms with Crippen molar-refractivity contribution in [3.05, 3.63) is 70.2 Å². The molecule has 1 unspecified atom stereocenters. The van der Waals surface area contributed by atoms with Crippen LogP contribution < -0.4 is 0 Å². The molecule has 0 spiro atoms. The summed E-state index contributed by atoms with van der Waals surface area (Å²) in [6.07, 6.45) is 1.01. The average Bonchev–Trinajstić information content (AvgIpc) is 3.37. The second-order valence-corrected chi connectivity index (χ2v) is 6.47. The Kier molecular flexibility index (Phi) is 3.40. The smallest absolute Gasteiger partial charge is 0.326 e. The van der Waals surface area contributed by atoms with Gasteiger partial charge >= 0.3 is 5.92 Å². The van der Waals surface area contributed by atoms with Crippen LogP contribution in [-0.2, 0) is 16.3 Å². The van der Waals surface area contributed by atoms with Gasteiger partial charge in [0.15, 0.2) is 5.60 Å². The Labute approximate surface area is 143 Å². The lowest BCUT2D eigenvalue weighted by Crippen LogP contribution is -2.34. The Morgan fingerprint density at radius 3 is 2.58 bits per heavy atom. The fourth-order valence-electron chi connectivity index (χ4n) is 2.71. The van der Waals surface area contributed by atoms with Gasteiger partial charge in [0.05, 0.1) is 23.8 Å². The summed E-state index contributed by atoms with van der Waals surface area (Å²) in [6, 6.07) is 10.4. The van der Waals surface area contributed by atoms with Gasteiger partial charge in [0.25, 0.3) is 0 Å². The van der Waals surface area contributed by atoms with E-state index in [1.54, 1.807) is 18.2 Å². The van der Waals surface area contributed by atoms with E-state index in [9.17, 15) is 4.39 Å². The van der Waals surface area contributed by atoms with Crippen LogP contribution in [0.25, 0.3) is 11.0 Å². The molecule has 0 bridgehead atoms. The van der Waals surface area contributed by atoms with Gasteiger partial charge in [-0.1, -0.05) is 34.1 Å². The molecule has 2 heterocycles. The first kappa shape index (κ1) is 15.5. The van der Waals surface area contributed by atoms with Gasteiger partial charge in [-0.05, 0) is 24.3 Å². The molecule has 0 aliphatic carbocycles. The van der Waals surface area contributed by atoms with Gasteiger partial charge in [-0.3, -0.25) is 4.98 Å². The summed E-state index contributed by atoms with van der Waals surface area (Å²) in [5.41, 5.74) is -1.93. The zero-order valence-corrected chi connectivity index (χ0v) is 13.7. The number of hydrogen-bond donors (Lipinski definition) is 0. The SMILES string of the molecule is Fc1ccccc1C1(C(F)(F)c2cnc3cc(Br)ccc3n2)CO1. The summed E-state index contributed by atoms with van der Waals surface area (Å²) in [5.74, 6) is -4.24. The highest BCUT2D eigenvalue weighted by Gasteiger charge is 2.68. The quantitative estimate of drug-likeness (QED) is 0.611. The van der Waals surface area contributed by atoms with Gasteiger partial charge in [0.1, 0.15) is 11.5 Å². The van der Waals surface area contributed by atoms with Crippen LogP contribution in [-0.4, -0.2) is 16.6 Å². The zero-order valence-electron chi connectivity index (χ0n) is 12.1. The van der Waals surface area contributed by atoms with Crippen molar-refractivity contribution in [2.75, 3.05) is 6.61 Å². The third-order valence-electron chi connectivity index (χ3n) is 4.08. The largest absolute Gasteiger partial charge is 0.357 e. The molecule has 0 saturated carbocycles. The normalized spacial score (nSPS) is 20.3. The first-order valence-electron chi connectivity index (χ1n) is 7.14. The fraction of sp³-hybridized carbons (Fsp3) is 0.176. The van der Waals surface area contributed by atoms with Gasteiger partial charge < -0.3 is 4.74 Å². The molecule has 2 aromatic carbocycles. The van der Waals surface area contributed by atoms with Gasteiger partial charge in [-0.25, -0.2) is 9.37 Å². The zero-order chi connectivity index (χ0) is 16.9. The Balaban J connectivity index is 1.83. The minimum atomic E-state index is -3.51. The Morgan fingerprint density at radius 1 is 1.12 bits per heavy atom. The third kappa shape index (κ3) is 2.22. The molecule has 122 valence electrons. The van der Waals surface area contributed by atoms with E-state index in [2.05, 4.69) is 25.9 Å². The summed E-state index contributed by atoms with van der Waals surface area (Å²) < 4.78 is 50.0. The van der Waals surface area contributed by atoms with Crippen LogP contribution >= 0.6 is 15.9 Å². The van der Waals surface area contributed by atoms with Crippen LogP contribution in [0.1, 0.15) is 11.3 Å². The van der Waals surface area contributed by atoms with E-state index < -0.39 is 23.0 Å². The highest BCUT2D eigenvalue weighted by Crippen LogP contribution is 2.56. The average molecular weight is 395 g/mol. The maximum Gasteiger partial charge on any atom is 0.326 e. The maximum atomic E-state index is 15.1. The highest BCUT2D eigenvalue weighted by atomic mass is 79.9. The molecular weight excluding hydrogens is 385 g/mol. The van der Waals surface area contributed by atoms with Crippen LogP contribution in [0, 0.1) is 5.82 Å². The summed E-state index contributed by atoms with van der Waals surface area (Å²) in [7, 11) is 0. The Bertz CT molecular complexity index is 944. The van der Waals surface area contributed by atoms with E-state index in [0.29, 0.717) is 11.0 Å². The summed E-state index contributed by atoms with van der Waals surface area (Å²) in [5, 5.41) is 0. The lowest BCUT2D eigenvalue weighted by molar-refractivity contribution is -0.0901. The molecule has 7 heteroatoms. The standard InChI is InChI=1S/C17H10BrF3N2O/c18-10-5-6-13-14(7-10)22-8-15(23-13)17(20,21)16(9-24-16)11-3-1-2-4-12(11)19/h1-8H,9H2. The molecule has 0 amide bonds. The number of rotatable bonds is 3. The number of epoxide rings is 1. The predicted molar refractivity (Wildman–Crippen MR) is 85.2 cm³/mol. The summed E-state index contributed by atoms with van der Waals surface area (Å²) in [4.78, 5) is 8.06. The fourth-order valence-corrected chi connectivity index (χ4v) is 3.06. The second kappa shape index (κ2) is 5.26. The van der Waals surface area contributed by atoms with Crippen LogP contribution in [0.4, 0.5) is 13.2 Å². The molecule has 1 fully saturated rings. The second-order valence-electron chi connectivity index (χ2n) is 5.56. The molecule has 3 nitrogen and oxygen atoms in total. The number of alkyl halides is 2. The van der Waals surface area contributed by atoms with Crippen molar-refractivity contribution in [1.82, 2.24) is 9.97 Å². The predicted octanol–water partition coefficient (Wildman–Crippen LogP) is 4.55. The minimum Gasteiger partial charge on any atom is -0.357 e. The van der Waals surface area contributed by atoms with E-state index in [1.165, 1.54) is 18.2 Å². The molecular formula is C17H10BrF3N2O. The number of aromatic nitrogens is 2. The van der Waals surface area contributed by atoms with Crippen molar-refractivity contribution in [3.8, 4) is 0 Å². The molecule has 1 aromatic heterocycles. The minimum absolute atomic E-state index is 0.173. The molecule has 1 aliphatic rings. The molecule has 4 rings (SSSR count). The number of ether oxygens (including phenoxy) is 1.